The van der Waals surface area contributed by atoms with Gasteiger partial charge in [-0.2, -0.15) is 0 Å². The molecule has 0 saturated carbocycles. The van der Waals surface area contributed by atoms with Gasteiger partial charge in [0.1, 0.15) is 0 Å². The number of carbonyl (C=O) groups excluding carboxylic acids is 1. The molecule has 1 aliphatic heterocycles. The van der Waals surface area contributed by atoms with Gasteiger partial charge in [0.15, 0.2) is 10.9 Å². The second kappa shape index (κ2) is 7.09. The Morgan fingerprint density at radius 1 is 1.57 bits per heavy atom. The van der Waals surface area contributed by atoms with Gasteiger partial charge >= 0.3 is 5.97 Å². The van der Waals surface area contributed by atoms with E-state index in [1.165, 1.54) is 18.0 Å². The van der Waals surface area contributed by atoms with Crippen LogP contribution in [0.2, 0.25) is 5.02 Å². The molecule has 114 valence electrons. The van der Waals surface area contributed by atoms with E-state index in [9.17, 15) is 9.59 Å². The third-order valence-corrected chi connectivity index (χ3v) is 4.29. The van der Waals surface area contributed by atoms with Crippen LogP contribution in [0.25, 0.3) is 0 Å². The predicted molar refractivity (Wildman–Crippen MR) is 79.7 cm³/mol. The van der Waals surface area contributed by atoms with Gasteiger partial charge in [0.2, 0.25) is 0 Å². The van der Waals surface area contributed by atoms with Crippen molar-refractivity contribution in [3.63, 3.8) is 0 Å². The summed E-state index contributed by atoms with van der Waals surface area (Å²) in [6.07, 6.45) is 4.81. The van der Waals surface area contributed by atoms with E-state index in [1.54, 1.807) is 4.90 Å². The van der Waals surface area contributed by atoms with Crippen LogP contribution in [0.1, 0.15) is 29.8 Å². The summed E-state index contributed by atoms with van der Waals surface area (Å²) in [6, 6.07) is 0. The van der Waals surface area contributed by atoms with Crippen LogP contribution < -0.4 is 0 Å². The Balaban J connectivity index is 2.03. The summed E-state index contributed by atoms with van der Waals surface area (Å²) >= 11 is 7.35. The molecule has 0 aliphatic carbocycles. The summed E-state index contributed by atoms with van der Waals surface area (Å²) in [5, 5.41) is 9.45. The molecule has 1 saturated heterocycles. The first-order valence-electron chi connectivity index (χ1n) is 6.59. The van der Waals surface area contributed by atoms with Crippen LogP contribution in [0.4, 0.5) is 0 Å². The molecule has 1 aromatic rings. The SMILES string of the molecule is CSc1ncc(Cl)c(C(=O)N2CCC(CCC(=O)O)C2)n1. The largest absolute Gasteiger partial charge is 0.481 e. The minimum atomic E-state index is -0.803. The Morgan fingerprint density at radius 2 is 2.33 bits per heavy atom. The second-order valence-electron chi connectivity index (χ2n) is 4.89. The van der Waals surface area contributed by atoms with Crippen LogP contribution in [0.15, 0.2) is 11.4 Å². The maximum atomic E-state index is 12.4. The Hall–Kier alpha value is -1.34. The number of nitrogens with zero attached hydrogens (tertiary/aromatic N) is 3. The fourth-order valence-electron chi connectivity index (χ4n) is 2.33. The minimum absolute atomic E-state index is 0.136. The predicted octanol–water partition coefficient (Wildman–Crippen LogP) is 2.18. The number of aliphatic carboxylic acids is 1. The van der Waals surface area contributed by atoms with E-state index in [1.807, 2.05) is 6.26 Å². The van der Waals surface area contributed by atoms with Crippen molar-refractivity contribution in [1.82, 2.24) is 14.9 Å². The van der Waals surface area contributed by atoms with Crippen LogP contribution >= 0.6 is 23.4 Å². The highest BCUT2D eigenvalue weighted by Gasteiger charge is 2.29. The lowest BCUT2D eigenvalue weighted by Gasteiger charge is -2.16. The summed E-state index contributed by atoms with van der Waals surface area (Å²) in [5.74, 6) is -0.788. The van der Waals surface area contributed by atoms with Crippen molar-refractivity contribution in [2.45, 2.75) is 24.4 Å². The average Bonchev–Trinajstić information content (AvgIpc) is 2.94. The van der Waals surface area contributed by atoms with Gasteiger partial charge in [0.25, 0.3) is 5.91 Å². The number of rotatable bonds is 5. The minimum Gasteiger partial charge on any atom is -0.481 e. The first-order chi connectivity index (χ1) is 10.0. The van der Waals surface area contributed by atoms with E-state index in [0.717, 1.165) is 6.42 Å². The van der Waals surface area contributed by atoms with Gasteiger partial charge in [-0.15, -0.1) is 0 Å². The van der Waals surface area contributed by atoms with Gasteiger partial charge in [-0.25, -0.2) is 9.97 Å². The van der Waals surface area contributed by atoms with Gasteiger partial charge in [-0.1, -0.05) is 23.4 Å². The summed E-state index contributed by atoms with van der Waals surface area (Å²) in [6.45, 7) is 1.17. The molecule has 0 aromatic carbocycles. The van der Waals surface area contributed by atoms with Crippen molar-refractivity contribution in [3.8, 4) is 0 Å². The summed E-state index contributed by atoms with van der Waals surface area (Å²) in [5.41, 5.74) is 0.218. The molecule has 0 bridgehead atoms. The monoisotopic (exact) mass is 329 g/mol. The number of thioether (sulfide) groups is 1. The van der Waals surface area contributed by atoms with Crippen molar-refractivity contribution in [3.05, 3.63) is 16.9 Å². The first kappa shape index (κ1) is 16.0. The molecule has 0 spiro atoms. The number of aromatic nitrogens is 2. The molecule has 2 heterocycles. The molecular formula is C13H16ClN3O3S. The number of hydrogen-bond donors (Lipinski definition) is 1. The zero-order chi connectivity index (χ0) is 15.4. The van der Waals surface area contributed by atoms with Crippen molar-refractivity contribution in [2.75, 3.05) is 19.3 Å². The summed E-state index contributed by atoms with van der Waals surface area (Å²) in [7, 11) is 0. The van der Waals surface area contributed by atoms with E-state index in [4.69, 9.17) is 16.7 Å². The molecular weight excluding hydrogens is 314 g/mol. The maximum absolute atomic E-state index is 12.4. The van der Waals surface area contributed by atoms with Gasteiger partial charge in [0, 0.05) is 19.5 Å². The van der Waals surface area contributed by atoms with Crippen molar-refractivity contribution >= 4 is 35.2 Å². The number of carbonyl (C=O) groups is 2. The van der Waals surface area contributed by atoms with Crippen LogP contribution in [0.5, 0.6) is 0 Å². The Labute approximate surface area is 131 Å². The van der Waals surface area contributed by atoms with Crippen LogP contribution in [0.3, 0.4) is 0 Å². The number of hydrogen-bond acceptors (Lipinski definition) is 5. The van der Waals surface area contributed by atoms with Gasteiger partial charge in [0.05, 0.1) is 11.2 Å². The van der Waals surface area contributed by atoms with Crippen LogP contribution in [-0.4, -0.2) is 51.2 Å². The van der Waals surface area contributed by atoms with Crippen LogP contribution in [-0.2, 0) is 4.79 Å². The zero-order valence-electron chi connectivity index (χ0n) is 11.6. The summed E-state index contributed by atoms with van der Waals surface area (Å²) < 4.78 is 0. The smallest absolute Gasteiger partial charge is 0.303 e. The lowest BCUT2D eigenvalue weighted by Crippen LogP contribution is -2.30. The molecule has 1 atom stereocenters. The van der Waals surface area contributed by atoms with E-state index in [0.29, 0.717) is 24.7 Å². The Kier molecular flexibility index (Phi) is 5.41. The number of carboxylic acid groups (broad SMARTS) is 1. The van der Waals surface area contributed by atoms with E-state index >= 15 is 0 Å². The number of halogens is 1. The van der Waals surface area contributed by atoms with E-state index < -0.39 is 5.97 Å². The third kappa shape index (κ3) is 4.07. The molecule has 2 rings (SSSR count). The lowest BCUT2D eigenvalue weighted by atomic mass is 10.0. The average molecular weight is 330 g/mol. The zero-order valence-corrected chi connectivity index (χ0v) is 13.2. The second-order valence-corrected chi connectivity index (χ2v) is 6.07. The molecule has 1 N–H and O–H groups in total. The molecule has 6 nitrogen and oxygen atoms in total. The molecule has 8 heteroatoms. The maximum Gasteiger partial charge on any atom is 0.303 e. The van der Waals surface area contributed by atoms with Crippen LogP contribution in [0, 0.1) is 5.92 Å². The molecule has 21 heavy (non-hydrogen) atoms. The highest BCUT2D eigenvalue weighted by atomic mass is 35.5. The first-order valence-corrected chi connectivity index (χ1v) is 8.19. The topological polar surface area (TPSA) is 83.4 Å². The Morgan fingerprint density at radius 3 is 3.00 bits per heavy atom. The molecule has 1 fully saturated rings. The van der Waals surface area contributed by atoms with Crippen molar-refractivity contribution in [2.24, 2.45) is 5.92 Å². The quantitative estimate of drug-likeness (QED) is 0.658. The highest BCUT2D eigenvalue weighted by molar-refractivity contribution is 7.98. The third-order valence-electron chi connectivity index (χ3n) is 3.45. The fraction of sp³-hybridized carbons (Fsp3) is 0.538. The van der Waals surface area contributed by atoms with E-state index in [-0.39, 0.29) is 29.0 Å². The van der Waals surface area contributed by atoms with Crippen molar-refractivity contribution < 1.29 is 14.7 Å². The van der Waals surface area contributed by atoms with Gasteiger partial charge in [-0.05, 0) is 25.0 Å². The lowest BCUT2D eigenvalue weighted by molar-refractivity contribution is -0.137. The number of carboxylic acids is 1. The van der Waals surface area contributed by atoms with E-state index in [2.05, 4.69) is 9.97 Å². The number of amides is 1. The van der Waals surface area contributed by atoms with Gasteiger partial charge < -0.3 is 10.0 Å². The molecule has 1 aliphatic rings. The molecule has 0 radical (unpaired) electrons. The van der Waals surface area contributed by atoms with Gasteiger partial charge in [-0.3, -0.25) is 9.59 Å². The molecule has 1 unspecified atom stereocenters. The normalized spacial score (nSPS) is 18.0. The molecule has 1 aromatic heterocycles. The molecule has 1 amide bonds. The van der Waals surface area contributed by atoms with Crippen molar-refractivity contribution in [1.29, 1.82) is 0 Å². The summed E-state index contributed by atoms with van der Waals surface area (Å²) in [4.78, 5) is 32.9. The Bertz CT molecular complexity index is 555. The fourth-order valence-corrected chi connectivity index (χ4v) is 2.84. The highest BCUT2D eigenvalue weighted by Crippen LogP contribution is 2.25. The number of likely N-dealkylation sites (tertiary alicyclic amines) is 1. The standard InChI is InChI=1S/C13H16ClN3O3S/c1-21-13-15-6-9(14)11(16-13)12(20)17-5-4-8(7-17)2-3-10(18)19/h6,8H,2-5,7H2,1H3,(H,18,19).